The molecule has 0 bridgehead atoms. The Morgan fingerprint density at radius 3 is 2.81 bits per heavy atom. The lowest BCUT2D eigenvalue weighted by Crippen LogP contribution is -2.44. The standard InChI is InChI=1S/C10H20N2O3S/c13-16(14,10-4-2-6-15-8-10)12-7-9-3-1-5-11-9/h9-12H,1-8H2. The van der Waals surface area contributed by atoms with Crippen LogP contribution in [0.15, 0.2) is 0 Å². The van der Waals surface area contributed by atoms with Gasteiger partial charge in [-0.05, 0) is 32.2 Å². The molecule has 0 amide bonds. The molecule has 2 rings (SSSR count). The highest BCUT2D eigenvalue weighted by Gasteiger charge is 2.28. The Bertz CT molecular complexity index is 306. The van der Waals surface area contributed by atoms with Gasteiger partial charge in [0.2, 0.25) is 10.0 Å². The molecule has 0 radical (unpaired) electrons. The van der Waals surface area contributed by atoms with Crippen molar-refractivity contribution in [3.05, 3.63) is 0 Å². The van der Waals surface area contributed by atoms with Gasteiger partial charge in [0.15, 0.2) is 0 Å². The zero-order valence-electron chi connectivity index (χ0n) is 9.44. The average Bonchev–Trinajstić information content (AvgIpc) is 2.81. The van der Waals surface area contributed by atoms with Crippen LogP contribution in [0.5, 0.6) is 0 Å². The molecule has 0 aliphatic carbocycles. The molecule has 2 N–H and O–H groups in total. The van der Waals surface area contributed by atoms with Crippen LogP contribution in [-0.4, -0.2) is 46.0 Å². The lowest BCUT2D eigenvalue weighted by molar-refractivity contribution is 0.0988. The van der Waals surface area contributed by atoms with Crippen LogP contribution in [0.2, 0.25) is 0 Å². The summed E-state index contributed by atoms with van der Waals surface area (Å²) in [5.74, 6) is 0. The second-order valence-electron chi connectivity index (χ2n) is 4.53. The highest BCUT2D eigenvalue weighted by Crippen LogP contribution is 2.14. The molecule has 5 nitrogen and oxygen atoms in total. The highest BCUT2D eigenvalue weighted by atomic mass is 32.2. The van der Waals surface area contributed by atoms with Crippen molar-refractivity contribution in [3.63, 3.8) is 0 Å². The number of nitrogens with one attached hydrogen (secondary N) is 2. The third kappa shape index (κ3) is 3.16. The summed E-state index contributed by atoms with van der Waals surface area (Å²) in [6.07, 6.45) is 3.75. The lowest BCUT2D eigenvalue weighted by atomic mass is 10.2. The van der Waals surface area contributed by atoms with Crippen molar-refractivity contribution in [1.82, 2.24) is 10.0 Å². The van der Waals surface area contributed by atoms with Crippen molar-refractivity contribution in [2.45, 2.75) is 37.0 Å². The monoisotopic (exact) mass is 248 g/mol. The predicted molar refractivity (Wildman–Crippen MR) is 61.8 cm³/mol. The van der Waals surface area contributed by atoms with E-state index in [-0.39, 0.29) is 5.25 Å². The maximum Gasteiger partial charge on any atom is 0.216 e. The van der Waals surface area contributed by atoms with E-state index in [0.717, 1.165) is 25.8 Å². The van der Waals surface area contributed by atoms with Gasteiger partial charge in [-0.1, -0.05) is 0 Å². The number of hydrogen-bond donors (Lipinski definition) is 2. The molecule has 0 spiro atoms. The fourth-order valence-corrected chi connectivity index (χ4v) is 3.64. The Morgan fingerprint density at radius 1 is 1.31 bits per heavy atom. The Morgan fingerprint density at radius 2 is 2.19 bits per heavy atom. The van der Waals surface area contributed by atoms with E-state index >= 15 is 0 Å². The average molecular weight is 248 g/mol. The molecular formula is C10H20N2O3S. The first-order valence-corrected chi connectivity index (χ1v) is 7.53. The first kappa shape index (κ1) is 12.3. The number of hydrogen-bond acceptors (Lipinski definition) is 4. The first-order valence-electron chi connectivity index (χ1n) is 5.98. The maximum absolute atomic E-state index is 11.9. The van der Waals surface area contributed by atoms with Crippen LogP contribution in [0.3, 0.4) is 0 Å². The molecule has 0 aromatic heterocycles. The second-order valence-corrected chi connectivity index (χ2v) is 6.57. The summed E-state index contributed by atoms with van der Waals surface area (Å²) in [6, 6.07) is 0.305. The summed E-state index contributed by atoms with van der Waals surface area (Å²) in [5.41, 5.74) is 0. The smallest absolute Gasteiger partial charge is 0.216 e. The molecule has 2 saturated heterocycles. The molecule has 0 aromatic carbocycles. The van der Waals surface area contributed by atoms with E-state index in [2.05, 4.69) is 10.0 Å². The van der Waals surface area contributed by atoms with Crippen LogP contribution in [0.4, 0.5) is 0 Å². The minimum atomic E-state index is -3.19. The zero-order valence-corrected chi connectivity index (χ0v) is 10.3. The molecular weight excluding hydrogens is 228 g/mol. The van der Waals surface area contributed by atoms with Crippen molar-refractivity contribution in [1.29, 1.82) is 0 Å². The molecule has 2 unspecified atom stereocenters. The molecule has 2 heterocycles. The lowest BCUT2D eigenvalue weighted by Gasteiger charge is -2.23. The number of ether oxygens (including phenoxy) is 1. The maximum atomic E-state index is 11.9. The van der Waals surface area contributed by atoms with Crippen LogP contribution in [0, 0.1) is 0 Å². The van der Waals surface area contributed by atoms with Gasteiger partial charge in [-0.2, -0.15) is 0 Å². The molecule has 0 aromatic rings. The first-order chi connectivity index (χ1) is 7.68. The van der Waals surface area contributed by atoms with E-state index in [9.17, 15) is 8.42 Å². The Balaban J connectivity index is 1.81. The molecule has 16 heavy (non-hydrogen) atoms. The van der Waals surface area contributed by atoms with Crippen molar-refractivity contribution >= 4 is 10.0 Å². The molecule has 94 valence electrons. The zero-order chi connectivity index (χ0) is 11.4. The molecule has 2 aliphatic heterocycles. The van der Waals surface area contributed by atoms with Crippen LogP contribution >= 0.6 is 0 Å². The van der Waals surface area contributed by atoms with E-state index in [1.165, 1.54) is 0 Å². The summed E-state index contributed by atoms with van der Waals surface area (Å²) in [5, 5.41) is 2.92. The molecule has 2 atom stereocenters. The van der Waals surface area contributed by atoms with Gasteiger partial charge in [-0.25, -0.2) is 13.1 Å². The van der Waals surface area contributed by atoms with Gasteiger partial charge in [-0.15, -0.1) is 0 Å². The van der Waals surface area contributed by atoms with Crippen LogP contribution in [0.1, 0.15) is 25.7 Å². The number of rotatable bonds is 4. The van der Waals surface area contributed by atoms with Crippen LogP contribution in [-0.2, 0) is 14.8 Å². The van der Waals surface area contributed by atoms with Crippen molar-refractivity contribution in [2.24, 2.45) is 0 Å². The highest BCUT2D eigenvalue weighted by molar-refractivity contribution is 7.90. The van der Waals surface area contributed by atoms with Crippen molar-refractivity contribution in [3.8, 4) is 0 Å². The summed E-state index contributed by atoms with van der Waals surface area (Å²) in [4.78, 5) is 0. The Labute approximate surface area is 97.0 Å². The van der Waals surface area contributed by atoms with Gasteiger partial charge in [0, 0.05) is 19.2 Å². The summed E-state index contributed by atoms with van der Waals surface area (Å²) < 4.78 is 31.8. The van der Waals surface area contributed by atoms with Crippen molar-refractivity contribution < 1.29 is 13.2 Å². The van der Waals surface area contributed by atoms with Gasteiger partial charge >= 0.3 is 0 Å². The SMILES string of the molecule is O=S(=O)(NCC1CCCN1)C1CCCOC1. The minimum Gasteiger partial charge on any atom is -0.380 e. The van der Waals surface area contributed by atoms with Gasteiger partial charge in [-0.3, -0.25) is 0 Å². The fraction of sp³-hybridized carbons (Fsp3) is 1.00. The summed E-state index contributed by atoms with van der Waals surface area (Å²) >= 11 is 0. The quantitative estimate of drug-likeness (QED) is 0.725. The minimum absolute atomic E-state index is 0.305. The molecule has 0 saturated carbocycles. The third-order valence-electron chi connectivity index (χ3n) is 3.25. The van der Waals surface area contributed by atoms with Gasteiger partial charge in [0.25, 0.3) is 0 Å². The van der Waals surface area contributed by atoms with Crippen LogP contribution < -0.4 is 10.0 Å². The molecule has 2 aliphatic rings. The normalized spacial score (nSPS) is 31.8. The van der Waals surface area contributed by atoms with Crippen LogP contribution in [0.25, 0.3) is 0 Å². The topological polar surface area (TPSA) is 67.4 Å². The number of sulfonamides is 1. The molecule has 2 fully saturated rings. The van der Waals surface area contributed by atoms with E-state index < -0.39 is 10.0 Å². The predicted octanol–water partition coefficient (Wildman–Crippen LogP) is -0.163. The summed E-state index contributed by atoms with van der Waals surface area (Å²) in [7, 11) is -3.19. The van der Waals surface area contributed by atoms with E-state index in [4.69, 9.17) is 4.74 Å². The van der Waals surface area contributed by atoms with Crippen molar-refractivity contribution in [2.75, 3.05) is 26.3 Å². The van der Waals surface area contributed by atoms with E-state index in [0.29, 0.717) is 32.2 Å². The van der Waals surface area contributed by atoms with Gasteiger partial charge < -0.3 is 10.1 Å². The van der Waals surface area contributed by atoms with Gasteiger partial charge in [0.1, 0.15) is 0 Å². The van der Waals surface area contributed by atoms with E-state index in [1.807, 2.05) is 0 Å². The Hall–Kier alpha value is -0.170. The fourth-order valence-electron chi connectivity index (χ4n) is 2.22. The third-order valence-corrected chi connectivity index (χ3v) is 5.07. The largest absolute Gasteiger partial charge is 0.380 e. The second kappa shape index (κ2) is 5.44. The molecule has 6 heteroatoms. The summed E-state index contributed by atoms with van der Waals surface area (Å²) in [6.45, 7) is 2.54. The van der Waals surface area contributed by atoms with Gasteiger partial charge in [0.05, 0.1) is 11.9 Å². The van der Waals surface area contributed by atoms with E-state index in [1.54, 1.807) is 0 Å². The Kier molecular flexibility index (Phi) is 4.18.